The first-order chi connectivity index (χ1) is 10.6. The number of nitrogens with one attached hydrogen (secondary N) is 1. The molecular weight excluding hydrogens is 276 g/mol. The van der Waals surface area contributed by atoms with Gasteiger partial charge in [-0.15, -0.1) is 0 Å². The summed E-state index contributed by atoms with van der Waals surface area (Å²) in [5.74, 6) is 1.35. The van der Waals surface area contributed by atoms with Crippen LogP contribution in [0.2, 0.25) is 0 Å². The summed E-state index contributed by atoms with van der Waals surface area (Å²) in [5, 5.41) is 3.22. The molecule has 0 bridgehead atoms. The third-order valence-corrected chi connectivity index (χ3v) is 5.11. The maximum absolute atomic E-state index is 12.3. The van der Waals surface area contributed by atoms with E-state index in [9.17, 15) is 9.59 Å². The number of carbonyl (C=O) groups excluding carboxylic acids is 2. The lowest BCUT2D eigenvalue weighted by atomic mass is 9.88. The summed E-state index contributed by atoms with van der Waals surface area (Å²) >= 11 is 0. The van der Waals surface area contributed by atoms with Crippen molar-refractivity contribution in [3.05, 3.63) is 0 Å². The molecule has 0 aromatic heterocycles. The third kappa shape index (κ3) is 5.29. The number of rotatable bonds is 5. The molecule has 0 radical (unpaired) electrons. The first kappa shape index (κ1) is 17.3. The first-order valence-electron chi connectivity index (χ1n) is 9.14. The van der Waals surface area contributed by atoms with E-state index in [1.54, 1.807) is 0 Å². The average Bonchev–Trinajstić information content (AvgIpc) is 2.54. The van der Waals surface area contributed by atoms with Crippen LogP contribution in [0.25, 0.3) is 0 Å². The predicted molar refractivity (Wildman–Crippen MR) is 88.4 cm³/mol. The molecule has 1 aliphatic carbocycles. The van der Waals surface area contributed by atoms with Gasteiger partial charge in [-0.05, 0) is 38.0 Å². The van der Waals surface area contributed by atoms with Gasteiger partial charge in [0.25, 0.3) is 0 Å². The first-order valence-corrected chi connectivity index (χ1v) is 9.14. The summed E-state index contributed by atoms with van der Waals surface area (Å²) in [6.07, 6.45) is 9.23. The summed E-state index contributed by atoms with van der Waals surface area (Å²) < 4.78 is 0. The molecule has 2 aliphatic rings. The molecule has 1 aliphatic heterocycles. The van der Waals surface area contributed by atoms with Crippen LogP contribution in [0.4, 0.5) is 0 Å². The van der Waals surface area contributed by atoms with E-state index in [-0.39, 0.29) is 23.8 Å². The molecule has 0 spiro atoms. The van der Waals surface area contributed by atoms with Crippen molar-refractivity contribution in [2.45, 2.75) is 77.7 Å². The molecule has 2 rings (SSSR count). The summed E-state index contributed by atoms with van der Waals surface area (Å²) in [6, 6.07) is 0.267. The van der Waals surface area contributed by atoms with E-state index in [1.165, 1.54) is 19.3 Å². The second-order valence-electron chi connectivity index (χ2n) is 7.43. The van der Waals surface area contributed by atoms with Crippen LogP contribution in [0.5, 0.6) is 0 Å². The van der Waals surface area contributed by atoms with Crippen molar-refractivity contribution in [1.29, 1.82) is 0 Å². The Labute approximate surface area is 135 Å². The molecule has 2 amide bonds. The maximum Gasteiger partial charge on any atom is 0.223 e. The van der Waals surface area contributed by atoms with Gasteiger partial charge >= 0.3 is 0 Å². The number of hydrogen-bond acceptors (Lipinski definition) is 2. The molecule has 126 valence electrons. The number of nitrogens with zero attached hydrogens (tertiary/aromatic N) is 1. The van der Waals surface area contributed by atoms with Crippen LogP contribution in [0, 0.1) is 11.8 Å². The SMILES string of the molecule is CC(C)CCC(=O)N1CCC(NC(=O)C2CCCCC2)CC1. The smallest absolute Gasteiger partial charge is 0.223 e. The summed E-state index contributed by atoms with van der Waals surface area (Å²) in [5.41, 5.74) is 0. The molecule has 0 atom stereocenters. The number of likely N-dealkylation sites (tertiary alicyclic amines) is 1. The highest BCUT2D eigenvalue weighted by molar-refractivity contribution is 5.79. The van der Waals surface area contributed by atoms with Crippen LogP contribution < -0.4 is 5.32 Å². The summed E-state index contributed by atoms with van der Waals surface area (Å²) in [6.45, 7) is 5.90. The third-order valence-electron chi connectivity index (χ3n) is 5.11. The van der Waals surface area contributed by atoms with Crippen molar-refractivity contribution in [1.82, 2.24) is 10.2 Å². The minimum absolute atomic E-state index is 0.236. The summed E-state index contributed by atoms with van der Waals surface area (Å²) in [4.78, 5) is 26.4. The monoisotopic (exact) mass is 308 g/mol. The normalized spacial score (nSPS) is 21.1. The quantitative estimate of drug-likeness (QED) is 0.848. The largest absolute Gasteiger partial charge is 0.353 e. The van der Waals surface area contributed by atoms with Gasteiger partial charge in [-0.3, -0.25) is 9.59 Å². The zero-order chi connectivity index (χ0) is 15.9. The second kappa shape index (κ2) is 8.54. The highest BCUT2D eigenvalue weighted by Gasteiger charge is 2.27. The van der Waals surface area contributed by atoms with Gasteiger partial charge in [0.15, 0.2) is 0 Å². The molecule has 1 saturated heterocycles. The van der Waals surface area contributed by atoms with Crippen molar-refractivity contribution in [2.24, 2.45) is 11.8 Å². The standard InChI is InChI=1S/C18H32N2O2/c1-14(2)8-9-17(21)20-12-10-16(11-13-20)19-18(22)15-6-4-3-5-7-15/h14-16H,3-13H2,1-2H3,(H,19,22). The van der Waals surface area contributed by atoms with Gasteiger partial charge in [0.1, 0.15) is 0 Å². The van der Waals surface area contributed by atoms with Gasteiger partial charge < -0.3 is 10.2 Å². The molecule has 2 fully saturated rings. The molecule has 22 heavy (non-hydrogen) atoms. The second-order valence-corrected chi connectivity index (χ2v) is 7.43. The lowest BCUT2D eigenvalue weighted by Gasteiger charge is -2.33. The van der Waals surface area contributed by atoms with Crippen LogP contribution in [0.3, 0.4) is 0 Å². The van der Waals surface area contributed by atoms with Gasteiger partial charge in [-0.2, -0.15) is 0 Å². The highest BCUT2D eigenvalue weighted by Crippen LogP contribution is 2.24. The van der Waals surface area contributed by atoms with E-state index in [0.717, 1.165) is 45.2 Å². The topological polar surface area (TPSA) is 49.4 Å². The Hall–Kier alpha value is -1.06. The van der Waals surface area contributed by atoms with E-state index >= 15 is 0 Å². The maximum atomic E-state index is 12.3. The Morgan fingerprint density at radius 1 is 1.05 bits per heavy atom. The molecule has 1 N–H and O–H groups in total. The fourth-order valence-electron chi connectivity index (χ4n) is 3.53. The summed E-state index contributed by atoms with van der Waals surface area (Å²) in [7, 11) is 0. The van der Waals surface area contributed by atoms with Crippen molar-refractivity contribution in [2.75, 3.05) is 13.1 Å². The van der Waals surface area contributed by atoms with E-state index in [1.807, 2.05) is 4.90 Å². The van der Waals surface area contributed by atoms with Gasteiger partial charge in [0.2, 0.25) is 11.8 Å². The number of amides is 2. The van der Waals surface area contributed by atoms with Gasteiger partial charge in [-0.25, -0.2) is 0 Å². The molecule has 1 heterocycles. The zero-order valence-electron chi connectivity index (χ0n) is 14.3. The van der Waals surface area contributed by atoms with Gasteiger partial charge in [0, 0.05) is 31.5 Å². The van der Waals surface area contributed by atoms with E-state index in [4.69, 9.17) is 0 Å². The lowest BCUT2D eigenvalue weighted by Crippen LogP contribution is -2.48. The minimum atomic E-state index is 0.236. The van der Waals surface area contributed by atoms with Gasteiger partial charge in [-0.1, -0.05) is 33.1 Å². The fraction of sp³-hybridized carbons (Fsp3) is 0.889. The Morgan fingerprint density at radius 3 is 2.27 bits per heavy atom. The van der Waals surface area contributed by atoms with E-state index in [2.05, 4.69) is 19.2 Å². The molecule has 1 saturated carbocycles. The molecule has 0 aromatic rings. The van der Waals surface area contributed by atoms with Crippen molar-refractivity contribution >= 4 is 11.8 Å². The molecule has 0 unspecified atom stereocenters. The van der Waals surface area contributed by atoms with Crippen LogP contribution in [-0.2, 0) is 9.59 Å². The molecule has 0 aromatic carbocycles. The van der Waals surface area contributed by atoms with Crippen LogP contribution in [-0.4, -0.2) is 35.8 Å². The van der Waals surface area contributed by atoms with E-state index in [0.29, 0.717) is 12.3 Å². The lowest BCUT2D eigenvalue weighted by molar-refractivity contribution is -0.132. The van der Waals surface area contributed by atoms with Crippen molar-refractivity contribution in [3.8, 4) is 0 Å². The molecular formula is C18H32N2O2. The average molecular weight is 308 g/mol. The Bertz CT molecular complexity index is 367. The van der Waals surface area contributed by atoms with Crippen LogP contribution >= 0.6 is 0 Å². The van der Waals surface area contributed by atoms with Crippen LogP contribution in [0.1, 0.15) is 71.6 Å². The van der Waals surface area contributed by atoms with Crippen molar-refractivity contribution < 1.29 is 9.59 Å². The minimum Gasteiger partial charge on any atom is -0.353 e. The number of piperidine rings is 1. The van der Waals surface area contributed by atoms with Gasteiger partial charge in [0.05, 0.1) is 0 Å². The fourth-order valence-corrected chi connectivity index (χ4v) is 3.53. The Balaban J connectivity index is 1.68. The molecule has 4 heteroatoms. The number of hydrogen-bond donors (Lipinski definition) is 1. The Kier molecular flexibility index (Phi) is 6.71. The van der Waals surface area contributed by atoms with E-state index < -0.39 is 0 Å². The Morgan fingerprint density at radius 2 is 1.68 bits per heavy atom. The highest BCUT2D eigenvalue weighted by atomic mass is 16.2. The zero-order valence-corrected chi connectivity index (χ0v) is 14.3. The van der Waals surface area contributed by atoms with Crippen molar-refractivity contribution in [3.63, 3.8) is 0 Å². The predicted octanol–water partition coefficient (Wildman–Crippen LogP) is 3.11. The molecule has 4 nitrogen and oxygen atoms in total. The van der Waals surface area contributed by atoms with Crippen LogP contribution in [0.15, 0.2) is 0 Å². The number of carbonyl (C=O) groups is 2.